The molecule has 0 spiro atoms. The normalized spacial score (nSPS) is 50.6. The second-order valence-corrected chi connectivity index (χ2v) is 19.2. The molecular weight excluding hydrogens is 1020 g/mol. The van der Waals surface area contributed by atoms with Crippen molar-refractivity contribution in [2.45, 2.75) is 197 Å². The van der Waals surface area contributed by atoms with Gasteiger partial charge in [-0.05, 0) is 11.1 Å². The zero-order valence-electron chi connectivity index (χ0n) is 39.6. The van der Waals surface area contributed by atoms with Crippen LogP contribution in [0.3, 0.4) is 0 Å². The molecule has 1 aromatic rings. The van der Waals surface area contributed by atoms with E-state index in [2.05, 4.69) is 0 Å². The van der Waals surface area contributed by atoms with Gasteiger partial charge in [-0.1, -0.05) is 24.3 Å². The molecule has 31 nitrogen and oxygen atoms in total. The molecule has 19 aliphatic heterocycles. The smallest absolute Gasteiger partial charge is 0.187 e. The fourth-order valence-electron chi connectivity index (χ4n) is 10.0. The summed E-state index contributed by atoms with van der Waals surface area (Å²) in [6.07, 6.45) is -55.8. The van der Waals surface area contributed by atoms with Crippen molar-refractivity contribution in [3.8, 4) is 0 Å². The highest BCUT2D eigenvalue weighted by Gasteiger charge is 2.58. The first kappa shape index (κ1) is 59.1. The largest absolute Gasteiger partial charge is 0.394 e. The van der Waals surface area contributed by atoms with Gasteiger partial charge in [-0.15, -0.1) is 0 Å². The molecule has 0 aliphatic carbocycles. The van der Waals surface area contributed by atoms with E-state index >= 15 is 0 Å². The Bertz CT molecular complexity index is 1920. The van der Waals surface area contributed by atoms with Crippen LogP contribution in [0.25, 0.3) is 0 Å². The first-order valence-corrected chi connectivity index (χ1v) is 24.2. The highest BCUT2D eigenvalue weighted by molar-refractivity contribution is 5.22. The summed E-state index contributed by atoms with van der Waals surface area (Å²) in [7, 11) is 0. The maximum Gasteiger partial charge on any atom is 0.187 e. The summed E-state index contributed by atoms with van der Waals surface area (Å²) in [6.45, 7) is -6.18. The van der Waals surface area contributed by atoms with Crippen LogP contribution in [0.5, 0.6) is 0 Å². The van der Waals surface area contributed by atoms with Crippen LogP contribution in [-0.2, 0) is 74.8 Å². The number of aliphatic hydroxyl groups is 18. The van der Waals surface area contributed by atoms with Gasteiger partial charge in [0.05, 0.1) is 52.9 Å². The number of benzene rings is 1. The lowest BCUT2D eigenvalue weighted by atomic mass is 9.95. The van der Waals surface area contributed by atoms with E-state index in [-0.39, 0.29) is 13.2 Å². The molecule has 6 saturated heterocycles. The molecule has 19 aliphatic rings. The minimum absolute atomic E-state index is 0.267. The van der Waals surface area contributed by atoms with Crippen molar-refractivity contribution in [2.24, 2.45) is 0 Å². The van der Waals surface area contributed by atoms with Crippen molar-refractivity contribution in [3.05, 3.63) is 35.4 Å². The topological polar surface area (TPSA) is 484 Å². The Morgan fingerprint density at radius 3 is 0.787 bits per heavy atom. The van der Waals surface area contributed by atoms with Crippen LogP contribution < -0.4 is 0 Å². The number of aliphatic hydroxyl groups excluding tert-OH is 18. The Balaban J connectivity index is 1.05. The van der Waals surface area contributed by atoms with Crippen molar-refractivity contribution in [3.63, 3.8) is 0 Å². The van der Waals surface area contributed by atoms with Crippen LogP contribution in [0.15, 0.2) is 24.3 Å². The summed E-state index contributed by atoms with van der Waals surface area (Å²) in [4.78, 5) is 0. The zero-order valence-corrected chi connectivity index (χ0v) is 39.6. The quantitative estimate of drug-likeness (QED) is 0.126. The highest BCUT2D eigenvalue weighted by Crippen LogP contribution is 2.37. The zero-order chi connectivity index (χ0) is 54.2. The molecule has 6 fully saturated rings. The van der Waals surface area contributed by atoms with E-state index in [1.165, 1.54) is 0 Å². The molecule has 31 heteroatoms. The Labute approximate surface area is 425 Å². The van der Waals surface area contributed by atoms with Crippen LogP contribution in [0, 0.1) is 0 Å². The summed E-state index contributed by atoms with van der Waals surface area (Å²) in [5.74, 6) is 0. The van der Waals surface area contributed by atoms with E-state index in [4.69, 9.17) is 61.6 Å². The third kappa shape index (κ3) is 12.2. The number of hydrogen-bond donors (Lipinski definition) is 18. The molecule has 0 aromatic heterocycles. The van der Waals surface area contributed by atoms with Gasteiger partial charge < -0.3 is 153 Å². The Hall–Kier alpha value is -2.02. The molecule has 1 aromatic carbocycles. The van der Waals surface area contributed by atoms with Gasteiger partial charge in [0.25, 0.3) is 0 Å². The molecule has 20 rings (SSSR count). The molecule has 0 saturated carbocycles. The van der Waals surface area contributed by atoms with Crippen molar-refractivity contribution < 1.29 is 153 Å². The van der Waals surface area contributed by atoms with Crippen LogP contribution in [0.2, 0.25) is 0 Å². The standard InChI is InChI=1S/C44H68O31/c45-5-15-33-21(51)28(58)40(66-15)72-35-17(7-47)68-42(30(60)23(35)53)74-37-19(9-49)70-44(32(62)25(37)55)75-38-20(10-50)69-43(31(61)26(38)56)73-36-18(8-48)67-41(29(59)24(36)54)71-34-16(6-46)65-39(27(57)22(34)52)64-12-14-3-1-2-13(4-14)11-63-33/h1-4,15-62H,5-12H2/t15-,16-,17-,18-,19-,20-,21-,22-,23-,24-,25-,26-,27-,28-,29-,30-,31-,32-,33-,34-,35-,36-,37-,38-,39-,40-,41-,42-,43-,44-/m1/s1. The van der Waals surface area contributed by atoms with E-state index in [0.717, 1.165) is 0 Å². The molecule has 30 atom stereocenters. The third-order valence-electron chi connectivity index (χ3n) is 14.2. The molecule has 430 valence electrons. The van der Waals surface area contributed by atoms with Gasteiger partial charge in [-0.3, -0.25) is 0 Å². The molecule has 0 unspecified atom stereocenters. The van der Waals surface area contributed by atoms with Crippen molar-refractivity contribution >= 4 is 0 Å². The Morgan fingerprint density at radius 1 is 0.280 bits per heavy atom. The SMILES string of the molecule is OC[C@H]1O[C@@H]2O[C@H]3[C@H](O)[C@@H](O)[C@@H](O[C@H]4[C@H](O)[C@@H](O)[C@@H](O[C@H]5[C@H](O)[C@@H](O)[C@@H](O[C@H]6[C@H](O)[C@@H](O)[C@@H](O[C@H]7[C@H](O)[C@@H](O)[C@H](OCc8cccc(c8)CO[C@H]1[C@H](O)[C@H]2O)O[C@@H]7CO)O[C@@H]6CO)O[C@@H]5CO)O[C@@H]4CO)O[C@@H]3CO. The summed E-state index contributed by atoms with van der Waals surface area (Å²) in [6, 6.07) is 6.39. The van der Waals surface area contributed by atoms with E-state index < -0.39 is 224 Å². The Morgan fingerprint density at radius 2 is 0.507 bits per heavy atom. The van der Waals surface area contributed by atoms with Crippen molar-refractivity contribution in [1.29, 1.82) is 0 Å². The molecule has 0 radical (unpaired) electrons. The lowest BCUT2D eigenvalue weighted by Crippen LogP contribution is -2.68. The van der Waals surface area contributed by atoms with Crippen LogP contribution in [0.1, 0.15) is 11.1 Å². The van der Waals surface area contributed by atoms with E-state index in [0.29, 0.717) is 11.1 Å². The minimum Gasteiger partial charge on any atom is -0.394 e. The summed E-state index contributed by atoms with van der Waals surface area (Å²) >= 11 is 0. The lowest BCUT2D eigenvalue weighted by molar-refractivity contribution is -0.396. The first-order valence-electron chi connectivity index (χ1n) is 24.2. The van der Waals surface area contributed by atoms with Crippen LogP contribution in [-0.4, -0.2) is 316 Å². The molecular formula is C44H68O31. The van der Waals surface area contributed by atoms with Gasteiger partial charge in [-0.25, -0.2) is 0 Å². The summed E-state index contributed by atoms with van der Waals surface area (Å²) in [5, 5.41) is 197. The Kier molecular flexibility index (Phi) is 20.2. The maximum atomic E-state index is 11.3. The van der Waals surface area contributed by atoms with Gasteiger partial charge >= 0.3 is 0 Å². The monoisotopic (exact) mass is 1090 g/mol. The van der Waals surface area contributed by atoms with E-state index in [1.807, 2.05) is 0 Å². The van der Waals surface area contributed by atoms with Gasteiger partial charge in [0, 0.05) is 0 Å². The number of ether oxygens (including phenoxy) is 13. The highest BCUT2D eigenvalue weighted by atomic mass is 16.8. The summed E-state index contributed by atoms with van der Waals surface area (Å²) in [5.41, 5.74) is 0.896. The lowest BCUT2D eigenvalue weighted by Gasteiger charge is -2.50. The average Bonchev–Trinajstić information content (AvgIpc) is 3.41. The molecule has 19 heterocycles. The second-order valence-electron chi connectivity index (χ2n) is 19.2. The van der Waals surface area contributed by atoms with Gasteiger partial charge in [-0.2, -0.15) is 0 Å². The molecule has 0 amide bonds. The average molecular weight is 1090 g/mol. The predicted molar refractivity (Wildman–Crippen MR) is 231 cm³/mol. The van der Waals surface area contributed by atoms with Crippen molar-refractivity contribution in [1.82, 2.24) is 0 Å². The molecule has 14 bridgehead atoms. The molecule has 75 heavy (non-hydrogen) atoms. The van der Waals surface area contributed by atoms with E-state index in [9.17, 15) is 91.9 Å². The molecule has 18 N–H and O–H groups in total. The second kappa shape index (κ2) is 25.6. The van der Waals surface area contributed by atoms with Gasteiger partial charge in [0.2, 0.25) is 0 Å². The fraction of sp³-hybridized carbons (Fsp3) is 0.864. The fourth-order valence-corrected chi connectivity index (χ4v) is 10.0. The van der Waals surface area contributed by atoms with Gasteiger partial charge in [0.1, 0.15) is 146 Å². The van der Waals surface area contributed by atoms with E-state index in [1.54, 1.807) is 24.3 Å². The summed E-state index contributed by atoms with van der Waals surface area (Å²) < 4.78 is 74.6. The minimum atomic E-state index is -2.17. The third-order valence-corrected chi connectivity index (χ3v) is 14.2. The predicted octanol–water partition coefficient (Wildman–Crippen LogP) is -11.3. The maximum absolute atomic E-state index is 11.3. The van der Waals surface area contributed by atoms with Crippen LogP contribution in [0.4, 0.5) is 0 Å². The van der Waals surface area contributed by atoms with Crippen LogP contribution >= 0.6 is 0 Å². The number of hydrogen-bond acceptors (Lipinski definition) is 31. The first-order chi connectivity index (χ1) is 35.9. The number of rotatable bonds is 6. The van der Waals surface area contributed by atoms with Crippen molar-refractivity contribution in [2.75, 3.05) is 39.6 Å². The van der Waals surface area contributed by atoms with Gasteiger partial charge in [0.15, 0.2) is 37.7 Å².